The van der Waals surface area contributed by atoms with E-state index in [1.807, 2.05) is 20.8 Å². The van der Waals surface area contributed by atoms with Crippen LogP contribution in [0.4, 0.5) is 5.82 Å². The maximum atomic E-state index is 11.6. The van der Waals surface area contributed by atoms with E-state index < -0.39 is 17.9 Å². The summed E-state index contributed by atoms with van der Waals surface area (Å²) in [4.78, 5) is 27.0. The molecule has 1 heterocycles. The Hall–Kier alpha value is -2.11. The van der Waals surface area contributed by atoms with Crippen molar-refractivity contribution in [1.82, 2.24) is 4.98 Å². The number of carbonyl (C=O) groups is 2. The Morgan fingerprint density at radius 3 is 2.62 bits per heavy atom. The Balaban J connectivity index is 2.81. The normalized spacial score (nSPS) is 12.6. The van der Waals surface area contributed by atoms with Crippen molar-refractivity contribution < 1.29 is 19.4 Å². The minimum absolute atomic E-state index is 0.0972. The molecule has 0 saturated carbocycles. The summed E-state index contributed by atoms with van der Waals surface area (Å²) in [6, 6.07) is 3.21. The molecule has 0 aromatic carbocycles. The Kier molecular flexibility index (Phi) is 5.69. The highest BCUT2D eigenvalue weighted by Crippen LogP contribution is 2.25. The van der Waals surface area contributed by atoms with Gasteiger partial charge in [-0.3, -0.25) is 4.79 Å². The van der Waals surface area contributed by atoms with E-state index in [2.05, 4.69) is 15.0 Å². The highest BCUT2D eigenvalue weighted by Gasteiger charge is 2.25. The first-order chi connectivity index (χ1) is 9.74. The standard InChI is InChI=1S/C15H22N2O4/c1-15(2,3)8-10(13(18)19)9-17-12-11(14(20)21-4)6-5-7-16-12/h5-7,10H,8-9H2,1-4H3,(H,16,17)(H,18,19). The molecule has 0 aliphatic rings. The topological polar surface area (TPSA) is 88.5 Å². The number of carboxylic acid groups (broad SMARTS) is 1. The summed E-state index contributed by atoms with van der Waals surface area (Å²) in [7, 11) is 1.29. The Labute approximate surface area is 124 Å². The van der Waals surface area contributed by atoms with E-state index in [0.29, 0.717) is 17.8 Å². The predicted molar refractivity (Wildman–Crippen MR) is 79.3 cm³/mol. The minimum Gasteiger partial charge on any atom is -0.481 e. The first-order valence-corrected chi connectivity index (χ1v) is 6.74. The number of carboxylic acids is 1. The lowest BCUT2D eigenvalue weighted by Crippen LogP contribution is -2.28. The molecule has 0 aliphatic heterocycles. The fourth-order valence-electron chi connectivity index (χ4n) is 2.03. The zero-order chi connectivity index (χ0) is 16.0. The van der Waals surface area contributed by atoms with Crippen LogP contribution in [-0.2, 0) is 9.53 Å². The van der Waals surface area contributed by atoms with Gasteiger partial charge in [-0.15, -0.1) is 0 Å². The van der Waals surface area contributed by atoms with Crippen molar-refractivity contribution in [3.63, 3.8) is 0 Å². The van der Waals surface area contributed by atoms with Gasteiger partial charge in [0.1, 0.15) is 11.4 Å². The van der Waals surface area contributed by atoms with Crippen molar-refractivity contribution in [3.05, 3.63) is 23.9 Å². The molecule has 1 aromatic rings. The molecule has 0 radical (unpaired) electrons. The second-order valence-corrected chi connectivity index (χ2v) is 6.07. The minimum atomic E-state index is -0.868. The number of carbonyl (C=O) groups excluding carboxylic acids is 1. The molecule has 2 N–H and O–H groups in total. The van der Waals surface area contributed by atoms with Crippen LogP contribution in [0.25, 0.3) is 0 Å². The van der Waals surface area contributed by atoms with Gasteiger partial charge in [0.25, 0.3) is 0 Å². The van der Waals surface area contributed by atoms with Crippen LogP contribution < -0.4 is 5.32 Å². The van der Waals surface area contributed by atoms with E-state index in [1.54, 1.807) is 12.1 Å². The van der Waals surface area contributed by atoms with Crippen molar-refractivity contribution in [3.8, 4) is 0 Å². The van der Waals surface area contributed by atoms with Crippen LogP contribution in [0.3, 0.4) is 0 Å². The van der Waals surface area contributed by atoms with Gasteiger partial charge >= 0.3 is 11.9 Å². The van der Waals surface area contributed by atoms with E-state index in [9.17, 15) is 14.7 Å². The summed E-state index contributed by atoms with van der Waals surface area (Å²) < 4.78 is 4.68. The lowest BCUT2D eigenvalue weighted by molar-refractivity contribution is -0.142. The molecular weight excluding hydrogens is 272 g/mol. The highest BCUT2D eigenvalue weighted by molar-refractivity contribution is 5.94. The second kappa shape index (κ2) is 7.06. The molecule has 6 heteroatoms. The van der Waals surface area contributed by atoms with Gasteiger partial charge in [0, 0.05) is 12.7 Å². The molecule has 1 rings (SSSR count). The number of pyridine rings is 1. The third kappa shape index (κ3) is 5.41. The molecule has 0 amide bonds. The summed E-state index contributed by atoms with van der Waals surface area (Å²) in [6.07, 6.45) is 2.06. The summed E-state index contributed by atoms with van der Waals surface area (Å²) in [5, 5.41) is 12.2. The highest BCUT2D eigenvalue weighted by atomic mass is 16.5. The van der Waals surface area contributed by atoms with E-state index in [-0.39, 0.29) is 12.0 Å². The second-order valence-electron chi connectivity index (χ2n) is 6.07. The average molecular weight is 294 g/mol. The summed E-state index contributed by atoms with van der Waals surface area (Å²) in [5.41, 5.74) is 0.194. The van der Waals surface area contributed by atoms with Gasteiger partial charge in [0.15, 0.2) is 0 Å². The monoisotopic (exact) mass is 294 g/mol. The van der Waals surface area contributed by atoms with Crippen LogP contribution >= 0.6 is 0 Å². The zero-order valence-corrected chi connectivity index (χ0v) is 12.8. The quantitative estimate of drug-likeness (QED) is 0.783. The molecule has 21 heavy (non-hydrogen) atoms. The molecular formula is C15H22N2O4. The molecule has 1 aromatic heterocycles. The van der Waals surface area contributed by atoms with Crippen LogP contribution in [0.1, 0.15) is 37.6 Å². The van der Waals surface area contributed by atoms with Gasteiger partial charge in [-0.25, -0.2) is 9.78 Å². The lowest BCUT2D eigenvalue weighted by Gasteiger charge is -2.23. The zero-order valence-electron chi connectivity index (χ0n) is 12.8. The molecule has 0 fully saturated rings. The number of ether oxygens (including phenoxy) is 1. The maximum Gasteiger partial charge on any atom is 0.341 e. The maximum absolute atomic E-state index is 11.6. The van der Waals surface area contributed by atoms with Crippen molar-refractivity contribution in [2.45, 2.75) is 27.2 Å². The predicted octanol–water partition coefficient (Wildman–Crippen LogP) is 2.42. The van der Waals surface area contributed by atoms with Crippen LogP contribution in [-0.4, -0.2) is 35.7 Å². The SMILES string of the molecule is COC(=O)c1cccnc1NCC(CC(C)(C)C)C(=O)O. The Morgan fingerprint density at radius 2 is 2.10 bits per heavy atom. The van der Waals surface area contributed by atoms with Crippen LogP contribution in [0.15, 0.2) is 18.3 Å². The molecule has 6 nitrogen and oxygen atoms in total. The summed E-state index contributed by atoms with van der Waals surface area (Å²) >= 11 is 0. The molecule has 0 bridgehead atoms. The van der Waals surface area contributed by atoms with Crippen LogP contribution in [0.2, 0.25) is 0 Å². The van der Waals surface area contributed by atoms with Crippen molar-refractivity contribution in [2.75, 3.05) is 19.0 Å². The van der Waals surface area contributed by atoms with E-state index >= 15 is 0 Å². The lowest BCUT2D eigenvalue weighted by atomic mass is 9.84. The van der Waals surface area contributed by atoms with Gasteiger partial charge in [-0.1, -0.05) is 20.8 Å². The van der Waals surface area contributed by atoms with Gasteiger partial charge < -0.3 is 15.2 Å². The van der Waals surface area contributed by atoms with Gasteiger partial charge in [-0.2, -0.15) is 0 Å². The van der Waals surface area contributed by atoms with Gasteiger partial charge in [-0.05, 0) is 24.0 Å². The first kappa shape index (κ1) is 16.9. The number of aliphatic carboxylic acids is 1. The number of methoxy groups -OCH3 is 1. The Bertz CT molecular complexity index is 509. The average Bonchev–Trinajstić information content (AvgIpc) is 2.41. The molecule has 0 saturated heterocycles. The number of esters is 1. The number of hydrogen-bond donors (Lipinski definition) is 2. The fraction of sp³-hybridized carbons (Fsp3) is 0.533. The van der Waals surface area contributed by atoms with Gasteiger partial charge in [0.05, 0.1) is 13.0 Å². The van der Waals surface area contributed by atoms with E-state index in [0.717, 1.165) is 0 Å². The Morgan fingerprint density at radius 1 is 1.43 bits per heavy atom. The number of aromatic nitrogens is 1. The van der Waals surface area contributed by atoms with Crippen LogP contribution in [0.5, 0.6) is 0 Å². The number of anilines is 1. The number of nitrogens with zero attached hydrogens (tertiary/aromatic N) is 1. The largest absolute Gasteiger partial charge is 0.481 e. The molecule has 1 atom stereocenters. The molecule has 0 spiro atoms. The van der Waals surface area contributed by atoms with Crippen molar-refractivity contribution in [2.24, 2.45) is 11.3 Å². The fourth-order valence-corrected chi connectivity index (χ4v) is 2.03. The van der Waals surface area contributed by atoms with Crippen molar-refractivity contribution in [1.29, 1.82) is 0 Å². The smallest absolute Gasteiger partial charge is 0.341 e. The third-order valence-corrected chi connectivity index (χ3v) is 2.94. The van der Waals surface area contributed by atoms with Crippen molar-refractivity contribution >= 4 is 17.8 Å². The van der Waals surface area contributed by atoms with E-state index in [1.165, 1.54) is 13.3 Å². The number of rotatable bonds is 6. The van der Waals surface area contributed by atoms with Crippen LogP contribution in [0, 0.1) is 11.3 Å². The first-order valence-electron chi connectivity index (χ1n) is 6.74. The van der Waals surface area contributed by atoms with E-state index in [4.69, 9.17) is 0 Å². The molecule has 1 unspecified atom stereocenters. The summed E-state index contributed by atoms with van der Waals surface area (Å²) in [5.74, 6) is -1.59. The summed E-state index contributed by atoms with van der Waals surface area (Å²) in [6.45, 7) is 6.17. The third-order valence-electron chi connectivity index (χ3n) is 2.94. The number of nitrogens with one attached hydrogen (secondary N) is 1. The van der Waals surface area contributed by atoms with Gasteiger partial charge in [0.2, 0.25) is 0 Å². The number of hydrogen-bond acceptors (Lipinski definition) is 5. The molecule has 116 valence electrons. The molecule has 0 aliphatic carbocycles.